The summed E-state index contributed by atoms with van der Waals surface area (Å²) in [5, 5.41) is 9.33. The Morgan fingerprint density at radius 3 is 2.88 bits per heavy atom. The van der Waals surface area contributed by atoms with E-state index < -0.39 is 6.04 Å². The van der Waals surface area contributed by atoms with Crippen LogP contribution in [0.5, 0.6) is 5.75 Å². The second-order valence-corrected chi connectivity index (χ2v) is 3.81. The Kier molecular flexibility index (Phi) is 4.93. The van der Waals surface area contributed by atoms with Gasteiger partial charge < -0.3 is 20.5 Å². The van der Waals surface area contributed by atoms with E-state index in [9.17, 15) is 9.90 Å². The average Bonchev–Trinajstić information content (AvgIpc) is 2.34. The number of hydrogen-bond donors (Lipinski definition) is 2. The summed E-state index contributed by atoms with van der Waals surface area (Å²) in [6.45, 7) is 0.445. The highest BCUT2D eigenvalue weighted by atomic mass is 16.5. The molecule has 1 aromatic rings. The molecule has 94 valence electrons. The molecule has 0 aliphatic heterocycles. The summed E-state index contributed by atoms with van der Waals surface area (Å²) in [5.74, 6) is -0.0831. The number of ether oxygens (including phenoxy) is 1. The predicted octanol–water partition coefficient (Wildman–Crippen LogP) is 0.719. The van der Waals surface area contributed by atoms with Crippen LogP contribution >= 0.6 is 0 Å². The van der Waals surface area contributed by atoms with E-state index in [-0.39, 0.29) is 11.7 Å². The maximum atomic E-state index is 11.9. The lowest BCUT2D eigenvalue weighted by atomic mass is 10.2. The van der Waals surface area contributed by atoms with Crippen molar-refractivity contribution in [2.75, 3.05) is 25.7 Å². The van der Waals surface area contributed by atoms with Gasteiger partial charge in [0.1, 0.15) is 5.75 Å². The monoisotopic (exact) mass is 238 g/mol. The van der Waals surface area contributed by atoms with Crippen LogP contribution in [-0.2, 0) is 9.53 Å². The number of anilines is 1. The summed E-state index contributed by atoms with van der Waals surface area (Å²) in [6.07, 6.45) is 0.471. The molecule has 3 N–H and O–H groups in total. The van der Waals surface area contributed by atoms with Crippen molar-refractivity contribution in [1.29, 1.82) is 0 Å². The molecule has 0 aliphatic rings. The first-order chi connectivity index (χ1) is 8.06. The Labute approximate surface area is 101 Å². The van der Waals surface area contributed by atoms with Crippen LogP contribution in [0.3, 0.4) is 0 Å². The van der Waals surface area contributed by atoms with Gasteiger partial charge in [-0.2, -0.15) is 0 Å². The van der Waals surface area contributed by atoms with E-state index in [0.717, 1.165) is 0 Å². The highest BCUT2D eigenvalue weighted by Gasteiger charge is 2.18. The van der Waals surface area contributed by atoms with Crippen LogP contribution in [-0.4, -0.2) is 37.8 Å². The Morgan fingerprint density at radius 2 is 2.29 bits per heavy atom. The lowest BCUT2D eigenvalue weighted by Gasteiger charge is -2.21. The van der Waals surface area contributed by atoms with Crippen molar-refractivity contribution in [3.05, 3.63) is 24.3 Å². The van der Waals surface area contributed by atoms with Crippen molar-refractivity contribution in [2.24, 2.45) is 5.73 Å². The van der Waals surface area contributed by atoms with Crippen LogP contribution in [0.2, 0.25) is 0 Å². The van der Waals surface area contributed by atoms with Crippen molar-refractivity contribution in [3.8, 4) is 5.75 Å². The molecule has 1 unspecified atom stereocenters. The highest BCUT2D eigenvalue weighted by Crippen LogP contribution is 2.19. The number of nitrogens with two attached hydrogens (primary N) is 1. The number of benzene rings is 1. The largest absolute Gasteiger partial charge is 0.508 e. The lowest BCUT2D eigenvalue weighted by molar-refractivity contribution is -0.119. The molecule has 17 heavy (non-hydrogen) atoms. The van der Waals surface area contributed by atoms with Crippen LogP contribution in [0.15, 0.2) is 24.3 Å². The van der Waals surface area contributed by atoms with Gasteiger partial charge >= 0.3 is 0 Å². The maximum absolute atomic E-state index is 11.9. The van der Waals surface area contributed by atoms with Gasteiger partial charge in [0.2, 0.25) is 5.91 Å². The number of methoxy groups -OCH3 is 1. The summed E-state index contributed by atoms with van der Waals surface area (Å²) in [5.41, 5.74) is 6.36. The van der Waals surface area contributed by atoms with Crippen LogP contribution in [0.25, 0.3) is 0 Å². The molecule has 0 radical (unpaired) electrons. The van der Waals surface area contributed by atoms with E-state index in [1.807, 2.05) is 0 Å². The van der Waals surface area contributed by atoms with E-state index in [1.165, 1.54) is 11.0 Å². The summed E-state index contributed by atoms with van der Waals surface area (Å²) in [7, 11) is 3.19. The molecule has 0 bridgehead atoms. The molecule has 0 heterocycles. The minimum atomic E-state index is -0.595. The predicted molar refractivity (Wildman–Crippen MR) is 66.0 cm³/mol. The van der Waals surface area contributed by atoms with E-state index in [0.29, 0.717) is 18.7 Å². The standard InChI is InChI=1S/C12H18N2O3/c1-14(9-4-3-5-10(15)8-9)12(16)11(13)6-7-17-2/h3-5,8,11,15H,6-7,13H2,1-2H3. The molecule has 0 fully saturated rings. The summed E-state index contributed by atoms with van der Waals surface area (Å²) in [4.78, 5) is 13.4. The number of rotatable bonds is 5. The number of carbonyl (C=O) groups is 1. The van der Waals surface area contributed by atoms with Crippen molar-refractivity contribution in [2.45, 2.75) is 12.5 Å². The van der Waals surface area contributed by atoms with E-state index in [1.54, 1.807) is 32.4 Å². The molecule has 0 saturated carbocycles. The first kappa shape index (κ1) is 13.5. The third-order valence-corrected chi connectivity index (χ3v) is 2.50. The molecule has 5 nitrogen and oxygen atoms in total. The SMILES string of the molecule is COCCC(N)C(=O)N(C)c1cccc(O)c1. The fraction of sp³-hybridized carbons (Fsp3) is 0.417. The summed E-state index contributed by atoms with van der Waals surface area (Å²) < 4.78 is 4.88. The molecule has 1 atom stereocenters. The fourth-order valence-electron chi connectivity index (χ4n) is 1.45. The molecular weight excluding hydrogens is 220 g/mol. The minimum absolute atomic E-state index is 0.118. The van der Waals surface area contributed by atoms with Crippen molar-refractivity contribution in [3.63, 3.8) is 0 Å². The molecular formula is C12H18N2O3. The highest BCUT2D eigenvalue weighted by molar-refractivity contribution is 5.96. The second-order valence-electron chi connectivity index (χ2n) is 3.81. The van der Waals surface area contributed by atoms with Crippen molar-refractivity contribution >= 4 is 11.6 Å². The molecule has 1 rings (SSSR count). The van der Waals surface area contributed by atoms with Gasteiger partial charge in [-0.05, 0) is 18.6 Å². The Balaban J connectivity index is 2.69. The zero-order chi connectivity index (χ0) is 12.8. The van der Waals surface area contributed by atoms with Crippen LogP contribution < -0.4 is 10.6 Å². The van der Waals surface area contributed by atoms with Gasteiger partial charge in [0.25, 0.3) is 0 Å². The molecule has 5 heteroatoms. The molecule has 1 aromatic carbocycles. The van der Waals surface area contributed by atoms with E-state index >= 15 is 0 Å². The molecule has 0 saturated heterocycles. The van der Waals surface area contributed by atoms with Crippen molar-refractivity contribution < 1.29 is 14.6 Å². The van der Waals surface area contributed by atoms with E-state index in [4.69, 9.17) is 10.5 Å². The Hall–Kier alpha value is -1.59. The number of amides is 1. The van der Waals surface area contributed by atoms with Crippen LogP contribution in [0.1, 0.15) is 6.42 Å². The number of carbonyl (C=O) groups excluding carboxylic acids is 1. The Morgan fingerprint density at radius 1 is 1.59 bits per heavy atom. The van der Waals surface area contributed by atoms with Gasteiger partial charge in [0, 0.05) is 32.5 Å². The maximum Gasteiger partial charge on any atom is 0.243 e. The van der Waals surface area contributed by atoms with Gasteiger partial charge in [-0.1, -0.05) is 6.07 Å². The minimum Gasteiger partial charge on any atom is -0.508 e. The number of hydrogen-bond acceptors (Lipinski definition) is 4. The fourth-order valence-corrected chi connectivity index (χ4v) is 1.45. The number of likely N-dealkylation sites (N-methyl/N-ethyl adjacent to an activating group) is 1. The average molecular weight is 238 g/mol. The number of aromatic hydroxyl groups is 1. The number of phenolic OH excluding ortho intramolecular Hbond substituents is 1. The quantitative estimate of drug-likeness (QED) is 0.792. The zero-order valence-corrected chi connectivity index (χ0v) is 10.1. The smallest absolute Gasteiger partial charge is 0.243 e. The van der Waals surface area contributed by atoms with E-state index in [2.05, 4.69) is 0 Å². The normalized spacial score (nSPS) is 12.2. The molecule has 0 spiro atoms. The van der Waals surface area contributed by atoms with Gasteiger partial charge in [-0.15, -0.1) is 0 Å². The summed E-state index contributed by atoms with van der Waals surface area (Å²) >= 11 is 0. The number of nitrogens with zero attached hydrogens (tertiary/aromatic N) is 1. The van der Waals surface area contributed by atoms with Gasteiger partial charge in [0.15, 0.2) is 0 Å². The summed E-state index contributed by atoms with van der Waals surface area (Å²) in [6, 6.07) is 5.88. The zero-order valence-electron chi connectivity index (χ0n) is 10.1. The van der Waals surface area contributed by atoms with Gasteiger partial charge in [0.05, 0.1) is 6.04 Å². The Bertz CT molecular complexity index is 382. The third-order valence-electron chi connectivity index (χ3n) is 2.50. The number of phenols is 1. The van der Waals surface area contributed by atoms with Crippen LogP contribution in [0.4, 0.5) is 5.69 Å². The van der Waals surface area contributed by atoms with Gasteiger partial charge in [-0.25, -0.2) is 0 Å². The first-order valence-electron chi connectivity index (χ1n) is 5.37. The second kappa shape index (κ2) is 6.22. The third kappa shape index (κ3) is 3.72. The molecule has 1 amide bonds. The topological polar surface area (TPSA) is 75.8 Å². The van der Waals surface area contributed by atoms with Gasteiger partial charge in [-0.3, -0.25) is 4.79 Å². The lowest BCUT2D eigenvalue weighted by Crippen LogP contribution is -2.42. The molecule has 0 aromatic heterocycles. The first-order valence-corrected chi connectivity index (χ1v) is 5.37. The van der Waals surface area contributed by atoms with Crippen molar-refractivity contribution in [1.82, 2.24) is 0 Å². The van der Waals surface area contributed by atoms with Crippen LogP contribution in [0, 0.1) is 0 Å². The molecule has 0 aliphatic carbocycles.